The Bertz CT molecular complexity index is 340. The average Bonchev–Trinajstić information content (AvgIpc) is 2.46. The van der Waals surface area contributed by atoms with Crippen LogP contribution in [0.2, 0.25) is 0 Å². The molecule has 1 saturated carbocycles. The van der Waals surface area contributed by atoms with Crippen molar-refractivity contribution in [3.63, 3.8) is 0 Å². The Morgan fingerprint density at radius 2 is 1.90 bits per heavy atom. The van der Waals surface area contributed by atoms with E-state index in [0.717, 1.165) is 32.2 Å². The molecule has 0 aromatic heterocycles. The molecule has 0 radical (unpaired) electrons. The van der Waals surface area contributed by atoms with Gasteiger partial charge in [-0.25, -0.2) is 0 Å². The highest BCUT2D eigenvalue weighted by Gasteiger charge is 2.33. The molecule has 0 aromatic carbocycles. The van der Waals surface area contributed by atoms with E-state index in [0.29, 0.717) is 18.4 Å². The molecule has 3 N–H and O–H groups in total. The lowest BCUT2D eigenvalue weighted by atomic mass is 9.84. The number of amides is 1. The first-order valence-corrected chi connectivity index (χ1v) is 8.69. The summed E-state index contributed by atoms with van der Waals surface area (Å²) in [5.41, 5.74) is 6.16. The molecule has 0 bridgehead atoms. The minimum atomic E-state index is -0.285. The van der Waals surface area contributed by atoms with Crippen molar-refractivity contribution in [3.05, 3.63) is 0 Å². The minimum absolute atomic E-state index is 0.0654. The fourth-order valence-corrected chi connectivity index (χ4v) is 3.82. The number of carbonyl (C=O) groups is 1. The van der Waals surface area contributed by atoms with Gasteiger partial charge in [-0.1, -0.05) is 33.1 Å². The molecule has 3 unspecified atom stereocenters. The fraction of sp³-hybridized carbons (Fsp3) is 0.941. The molecule has 0 spiro atoms. The molecule has 2 rings (SSSR count). The van der Waals surface area contributed by atoms with Crippen LogP contribution in [0.5, 0.6) is 0 Å². The number of rotatable bonds is 4. The number of nitrogens with two attached hydrogens (primary N) is 1. The summed E-state index contributed by atoms with van der Waals surface area (Å²) in [7, 11) is 0. The van der Waals surface area contributed by atoms with Gasteiger partial charge in [-0.2, -0.15) is 0 Å². The minimum Gasteiger partial charge on any atom is -0.393 e. The van der Waals surface area contributed by atoms with Crippen LogP contribution in [-0.2, 0) is 4.79 Å². The van der Waals surface area contributed by atoms with Crippen LogP contribution in [0.15, 0.2) is 0 Å². The number of carbonyl (C=O) groups excluding carboxylic acids is 1. The molecule has 1 saturated heterocycles. The summed E-state index contributed by atoms with van der Waals surface area (Å²) in [6, 6.07) is 0.0654. The van der Waals surface area contributed by atoms with E-state index >= 15 is 0 Å². The molecule has 21 heavy (non-hydrogen) atoms. The molecule has 122 valence electrons. The van der Waals surface area contributed by atoms with Gasteiger partial charge in [0.2, 0.25) is 5.91 Å². The lowest BCUT2D eigenvalue weighted by Crippen LogP contribution is -2.51. The van der Waals surface area contributed by atoms with E-state index in [1.165, 1.54) is 19.3 Å². The van der Waals surface area contributed by atoms with Crippen molar-refractivity contribution >= 4 is 5.91 Å². The Morgan fingerprint density at radius 1 is 1.24 bits per heavy atom. The standard InChI is InChI=1S/C17H32N2O2/c1-12(2)16(20)9-13-8-15(18)11-19(10-13)17(21)14-6-4-3-5-7-14/h12-16,20H,3-11,18H2,1-2H3. The molecule has 0 aromatic rings. The van der Waals surface area contributed by atoms with Crippen molar-refractivity contribution in [2.45, 2.75) is 70.9 Å². The van der Waals surface area contributed by atoms with E-state index in [2.05, 4.69) is 0 Å². The first-order valence-electron chi connectivity index (χ1n) is 8.69. The highest BCUT2D eigenvalue weighted by Crippen LogP contribution is 2.29. The fourth-order valence-electron chi connectivity index (χ4n) is 3.82. The Kier molecular flexibility index (Phi) is 6.06. The van der Waals surface area contributed by atoms with Crippen LogP contribution in [0.4, 0.5) is 0 Å². The normalized spacial score (nSPS) is 29.7. The molecule has 4 nitrogen and oxygen atoms in total. The first-order chi connectivity index (χ1) is 9.97. The second-order valence-corrected chi connectivity index (χ2v) is 7.49. The number of piperidine rings is 1. The zero-order valence-corrected chi connectivity index (χ0v) is 13.6. The SMILES string of the molecule is CC(C)C(O)CC1CC(N)CN(C(=O)C2CCCCC2)C1. The van der Waals surface area contributed by atoms with Gasteiger partial charge in [-0.05, 0) is 37.5 Å². The first kappa shape index (κ1) is 16.8. The van der Waals surface area contributed by atoms with Gasteiger partial charge < -0.3 is 15.7 Å². The van der Waals surface area contributed by atoms with Crippen LogP contribution >= 0.6 is 0 Å². The maximum atomic E-state index is 12.7. The Labute approximate surface area is 129 Å². The van der Waals surface area contributed by atoms with Gasteiger partial charge in [0.1, 0.15) is 0 Å². The zero-order chi connectivity index (χ0) is 15.4. The molecule has 1 amide bonds. The van der Waals surface area contributed by atoms with E-state index in [4.69, 9.17) is 5.73 Å². The maximum Gasteiger partial charge on any atom is 0.225 e. The Balaban J connectivity index is 1.91. The van der Waals surface area contributed by atoms with Gasteiger partial charge in [0.25, 0.3) is 0 Å². The Morgan fingerprint density at radius 3 is 2.52 bits per heavy atom. The molecule has 2 aliphatic rings. The summed E-state index contributed by atoms with van der Waals surface area (Å²) < 4.78 is 0. The Hall–Kier alpha value is -0.610. The quantitative estimate of drug-likeness (QED) is 0.835. The van der Waals surface area contributed by atoms with E-state index < -0.39 is 0 Å². The number of aliphatic hydroxyl groups is 1. The zero-order valence-electron chi connectivity index (χ0n) is 13.6. The summed E-state index contributed by atoms with van der Waals surface area (Å²) in [6.45, 7) is 5.56. The summed E-state index contributed by atoms with van der Waals surface area (Å²) >= 11 is 0. The maximum absolute atomic E-state index is 12.7. The third-order valence-corrected chi connectivity index (χ3v) is 5.18. The van der Waals surface area contributed by atoms with Crippen LogP contribution in [0.25, 0.3) is 0 Å². The number of nitrogens with zero attached hydrogens (tertiary/aromatic N) is 1. The van der Waals surface area contributed by atoms with Gasteiger partial charge in [0.05, 0.1) is 6.10 Å². The third-order valence-electron chi connectivity index (χ3n) is 5.18. The summed E-state index contributed by atoms with van der Waals surface area (Å²) in [6.07, 6.45) is 7.14. The van der Waals surface area contributed by atoms with E-state index in [9.17, 15) is 9.90 Å². The highest BCUT2D eigenvalue weighted by atomic mass is 16.3. The molecular weight excluding hydrogens is 264 g/mol. The van der Waals surface area contributed by atoms with Gasteiger partial charge in [0.15, 0.2) is 0 Å². The summed E-state index contributed by atoms with van der Waals surface area (Å²) in [4.78, 5) is 14.7. The molecule has 1 aliphatic heterocycles. The van der Waals surface area contributed by atoms with Gasteiger partial charge in [-0.3, -0.25) is 4.79 Å². The lowest BCUT2D eigenvalue weighted by Gasteiger charge is -2.39. The lowest BCUT2D eigenvalue weighted by molar-refractivity contribution is -0.139. The summed E-state index contributed by atoms with van der Waals surface area (Å²) in [5, 5.41) is 10.1. The molecule has 1 heterocycles. The van der Waals surface area contributed by atoms with Crippen LogP contribution in [0, 0.1) is 17.8 Å². The molecule has 2 fully saturated rings. The number of hydrogen-bond donors (Lipinski definition) is 2. The van der Waals surface area contributed by atoms with Crippen LogP contribution in [-0.4, -0.2) is 41.1 Å². The van der Waals surface area contributed by atoms with E-state index in [-0.39, 0.29) is 24.0 Å². The number of likely N-dealkylation sites (tertiary alicyclic amines) is 1. The van der Waals surface area contributed by atoms with Crippen molar-refractivity contribution in [1.29, 1.82) is 0 Å². The molecule has 1 aliphatic carbocycles. The van der Waals surface area contributed by atoms with Crippen molar-refractivity contribution in [2.24, 2.45) is 23.5 Å². The smallest absolute Gasteiger partial charge is 0.225 e. The van der Waals surface area contributed by atoms with Gasteiger partial charge in [0, 0.05) is 25.0 Å². The third kappa shape index (κ3) is 4.68. The van der Waals surface area contributed by atoms with Crippen LogP contribution in [0.1, 0.15) is 58.8 Å². The summed E-state index contributed by atoms with van der Waals surface area (Å²) in [5.74, 6) is 1.15. The topological polar surface area (TPSA) is 66.6 Å². The molecule has 3 atom stereocenters. The second-order valence-electron chi connectivity index (χ2n) is 7.49. The van der Waals surface area contributed by atoms with Crippen molar-refractivity contribution < 1.29 is 9.90 Å². The monoisotopic (exact) mass is 296 g/mol. The van der Waals surface area contributed by atoms with Gasteiger partial charge >= 0.3 is 0 Å². The largest absolute Gasteiger partial charge is 0.393 e. The van der Waals surface area contributed by atoms with Crippen LogP contribution < -0.4 is 5.73 Å². The number of aliphatic hydroxyl groups excluding tert-OH is 1. The van der Waals surface area contributed by atoms with Crippen molar-refractivity contribution in [3.8, 4) is 0 Å². The second kappa shape index (κ2) is 7.59. The highest BCUT2D eigenvalue weighted by molar-refractivity contribution is 5.79. The van der Waals surface area contributed by atoms with E-state index in [1.807, 2.05) is 18.7 Å². The van der Waals surface area contributed by atoms with Crippen LogP contribution in [0.3, 0.4) is 0 Å². The van der Waals surface area contributed by atoms with Crippen molar-refractivity contribution in [1.82, 2.24) is 4.90 Å². The molecule has 4 heteroatoms. The van der Waals surface area contributed by atoms with Crippen molar-refractivity contribution in [2.75, 3.05) is 13.1 Å². The van der Waals surface area contributed by atoms with E-state index in [1.54, 1.807) is 0 Å². The number of hydrogen-bond acceptors (Lipinski definition) is 3. The van der Waals surface area contributed by atoms with Gasteiger partial charge in [-0.15, -0.1) is 0 Å². The predicted molar refractivity (Wildman–Crippen MR) is 84.7 cm³/mol. The predicted octanol–water partition coefficient (Wildman–Crippen LogP) is 2.15. The molecular formula is C17H32N2O2. The average molecular weight is 296 g/mol.